The van der Waals surface area contributed by atoms with Crippen LogP contribution in [-0.4, -0.2) is 58.8 Å². The van der Waals surface area contributed by atoms with Crippen LogP contribution in [0.2, 0.25) is 0 Å². The number of carbonyl (C=O) groups is 2. The van der Waals surface area contributed by atoms with Crippen LogP contribution in [0.1, 0.15) is 19.3 Å². The quantitative estimate of drug-likeness (QED) is 0.695. The van der Waals surface area contributed by atoms with E-state index < -0.39 is 0 Å². The summed E-state index contributed by atoms with van der Waals surface area (Å²) in [5.74, 6) is 1.53. The largest absolute Gasteiger partial charge is 0.497 e. The van der Waals surface area contributed by atoms with Crippen LogP contribution in [0.15, 0.2) is 42.5 Å². The highest BCUT2D eigenvalue weighted by Gasteiger charge is 2.37. The molecule has 0 bridgehead atoms. The van der Waals surface area contributed by atoms with Gasteiger partial charge in [0.05, 0.1) is 32.9 Å². The van der Waals surface area contributed by atoms with E-state index in [9.17, 15) is 9.59 Å². The maximum Gasteiger partial charge on any atom is 0.227 e. The maximum atomic E-state index is 13.0. The molecule has 2 saturated heterocycles. The summed E-state index contributed by atoms with van der Waals surface area (Å²) in [5.41, 5.74) is 1.79. The summed E-state index contributed by atoms with van der Waals surface area (Å²) in [6.45, 7) is 2.07. The standard InChI is InChI=1S/C25H31N3O5/c1-31-20-6-4-19(5-7-20)27-12-10-18(11-13-27)26-25(30)17-14-24(29)28(16-17)22-15-21(32-2)8-9-23(22)33-3/h4-9,15,17-18H,10-14,16H2,1-3H3,(H,26,30). The average molecular weight is 454 g/mol. The zero-order valence-electron chi connectivity index (χ0n) is 19.4. The first kappa shape index (κ1) is 22.8. The van der Waals surface area contributed by atoms with Crippen LogP contribution in [0.4, 0.5) is 11.4 Å². The summed E-state index contributed by atoms with van der Waals surface area (Å²) in [6.07, 6.45) is 1.93. The van der Waals surface area contributed by atoms with Crippen LogP contribution in [0.3, 0.4) is 0 Å². The summed E-state index contributed by atoms with van der Waals surface area (Å²) >= 11 is 0. The molecule has 2 aromatic rings. The number of rotatable bonds is 7. The second kappa shape index (κ2) is 10.0. The minimum Gasteiger partial charge on any atom is -0.497 e. The number of nitrogens with zero attached hydrogens (tertiary/aromatic N) is 2. The van der Waals surface area contributed by atoms with Crippen LogP contribution in [0.25, 0.3) is 0 Å². The number of ether oxygens (including phenoxy) is 3. The fraction of sp³-hybridized carbons (Fsp3) is 0.440. The molecule has 0 aliphatic carbocycles. The van der Waals surface area contributed by atoms with E-state index in [1.807, 2.05) is 12.1 Å². The number of piperidine rings is 1. The van der Waals surface area contributed by atoms with Gasteiger partial charge in [0.15, 0.2) is 0 Å². The SMILES string of the molecule is COc1ccc(N2CCC(NC(=O)C3CC(=O)N(c4cc(OC)ccc4OC)C3)CC2)cc1. The normalized spacial score (nSPS) is 18.9. The lowest BCUT2D eigenvalue weighted by molar-refractivity contribution is -0.127. The molecule has 4 rings (SSSR count). The van der Waals surface area contributed by atoms with E-state index in [4.69, 9.17) is 14.2 Å². The molecule has 2 fully saturated rings. The summed E-state index contributed by atoms with van der Waals surface area (Å²) < 4.78 is 15.9. The van der Waals surface area contributed by atoms with Crippen molar-refractivity contribution in [3.63, 3.8) is 0 Å². The maximum absolute atomic E-state index is 13.0. The summed E-state index contributed by atoms with van der Waals surface area (Å²) in [6, 6.07) is 13.5. The Morgan fingerprint density at radius 1 is 0.939 bits per heavy atom. The van der Waals surface area contributed by atoms with Gasteiger partial charge in [-0.25, -0.2) is 0 Å². The number of hydrogen-bond donors (Lipinski definition) is 1. The van der Waals surface area contributed by atoms with E-state index in [2.05, 4.69) is 22.3 Å². The smallest absolute Gasteiger partial charge is 0.227 e. The Balaban J connectivity index is 1.33. The lowest BCUT2D eigenvalue weighted by Gasteiger charge is -2.34. The second-order valence-corrected chi connectivity index (χ2v) is 8.41. The molecule has 2 heterocycles. The van der Waals surface area contributed by atoms with Crippen LogP contribution in [-0.2, 0) is 9.59 Å². The number of benzene rings is 2. The van der Waals surface area contributed by atoms with Crippen LogP contribution in [0, 0.1) is 5.92 Å². The Hall–Kier alpha value is -3.42. The zero-order valence-corrected chi connectivity index (χ0v) is 19.4. The first-order chi connectivity index (χ1) is 16.0. The number of amides is 2. The van der Waals surface area contributed by atoms with E-state index in [-0.39, 0.29) is 30.2 Å². The third kappa shape index (κ3) is 4.99. The Bertz CT molecular complexity index is 986. The average Bonchev–Trinajstić information content (AvgIpc) is 3.25. The van der Waals surface area contributed by atoms with Crippen molar-refractivity contribution in [1.29, 1.82) is 0 Å². The van der Waals surface area contributed by atoms with Crippen LogP contribution >= 0.6 is 0 Å². The highest BCUT2D eigenvalue weighted by molar-refractivity contribution is 6.01. The highest BCUT2D eigenvalue weighted by Crippen LogP contribution is 2.36. The lowest BCUT2D eigenvalue weighted by Crippen LogP contribution is -2.46. The molecule has 2 aliphatic rings. The number of carbonyl (C=O) groups excluding carboxylic acids is 2. The molecule has 8 nitrogen and oxygen atoms in total. The Morgan fingerprint density at radius 2 is 1.61 bits per heavy atom. The predicted molar refractivity (Wildman–Crippen MR) is 126 cm³/mol. The van der Waals surface area contributed by atoms with Gasteiger partial charge in [0.25, 0.3) is 0 Å². The fourth-order valence-electron chi connectivity index (χ4n) is 4.52. The molecule has 2 aliphatic heterocycles. The van der Waals surface area contributed by atoms with Gasteiger partial charge in [-0.3, -0.25) is 9.59 Å². The molecule has 1 unspecified atom stereocenters. The third-order valence-corrected chi connectivity index (χ3v) is 6.45. The number of methoxy groups -OCH3 is 3. The minimum absolute atomic E-state index is 0.0596. The summed E-state index contributed by atoms with van der Waals surface area (Å²) in [4.78, 5) is 29.6. The molecule has 0 aromatic heterocycles. The molecule has 176 valence electrons. The van der Waals surface area contributed by atoms with Crippen molar-refractivity contribution >= 4 is 23.2 Å². The first-order valence-electron chi connectivity index (χ1n) is 11.2. The van der Waals surface area contributed by atoms with Gasteiger partial charge in [-0.1, -0.05) is 0 Å². The first-order valence-corrected chi connectivity index (χ1v) is 11.2. The van der Waals surface area contributed by atoms with Crippen molar-refractivity contribution in [2.75, 3.05) is 50.8 Å². The molecule has 8 heteroatoms. The van der Waals surface area contributed by atoms with E-state index in [1.54, 1.807) is 44.4 Å². The summed E-state index contributed by atoms with van der Waals surface area (Å²) in [5, 5.41) is 3.17. The van der Waals surface area contributed by atoms with Crippen molar-refractivity contribution in [1.82, 2.24) is 5.32 Å². The van der Waals surface area contributed by atoms with Crippen LogP contribution < -0.4 is 29.3 Å². The van der Waals surface area contributed by atoms with Gasteiger partial charge in [0, 0.05) is 43.9 Å². The van der Waals surface area contributed by atoms with Gasteiger partial charge in [0.1, 0.15) is 17.2 Å². The Labute approximate surface area is 194 Å². The number of anilines is 2. The fourth-order valence-corrected chi connectivity index (χ4v) is 4.52. The number of hydrogen-bond acceptors (Lipinski definition) is 6. The van der Waals surface area contributed by atoms with E-state index in [0.29, 0.717) is 23.7 Å². The molecule has 0 radical (unpaired) electrons. The highest BCUT2D eigenvalue weighted by atomic mass is 16.5. The molecule has 1 atom stereocenters. The third-order valence-electron chi connectivity index (χ3n) is 6.45. The predicted octanol–water partition coefficient (Wildman–Crippen LogP) is 2.85. The molecule has 0 saturated carbocycles. The second-order valence-electron chi connectivity index (χ2n) is 8.41. The van der Waals surface area contributed by atoms with Crippen LogP contribution in [0.5, 0.6) is 17.2 Å². The van der Waals surface area contributed by atoms with E-state index >= 15 is 0 Å². The molecule has 1 N–H and O–H groups in total. The van der Waals surface area contributed by atoms with Crippen molar-refractivity contribution in [3.05, 3.63) is 42.5 Å². The van der Waals surface area contributed by atoms with Gasteiger partial charge in [0.2, 0.25) is 11.8 Å². The van der Waals surface area contributed by atoms with Crippen molar-refractivity contribution in [3.8, 4) is 17.2 Å². The molecular formula is C25H31N3O5. The van der Waals surface area contributed by atoms with Crippen molar-refractivity contribution < 1.29 is 23.8 Å². The van der Waals surface area contributed by atoms with Gasteiger partial charge >= 0.3 is 0 Å². The van der Waals surface area contributed by atoms with Gasteiger partial charge in [-0.15, -0.1) is 0 Å². The Kier molecular flexibility index (Phi) is 6.91. The topological polar surface area (TPSA) is 80.3 Å². The monoisotopic (exact) mass is 453 g/mol. The van der Waals surface area contributed by atoms with E-state index in [0.717, 1.165) is 37.4 Å². The minimum atomic E-state index is -0.381. The molecular weight excluding hydrogens is 422 g/mol. The molecule has 0 spiro atoms. The molecule has 2 amide bonds. The molecule has 2 aromatic carbocycles. The Morgan fingerprint density at radius 3 is 2.24 bits per heavy atom. The lowest BCUT2D eigenvalue weighted by atomic mass is 10.0. The van der Waals surface area contributed by atoms with Gasteiger partial charge in [-0.2, -0.15) is 0 Å². The number of nitrogens with one attached hydrogen (secondary N) is 1. The van der Waals surface area contributed by atoms with Crippen molar-refractivity contribution in [2.24, 2.45) is 5.92 Å². The van der Waals surface area contributed by atoms with Gasteiger partial charge < -0.3 is 29.3 Å². The summed E-state index contributed by atoms with van der Waals surface area (Å²) in [7, 11) is 4.80. The zero-order chi connectivity index (χ0) is 23.4. The van der Waals surface area contributed by atoms with Gasteiger partial charge in [-0.05, 0) is 49.2 Å². The van der Waals surface area contributed by atoms with Crippen molar-refractivity contribution in [2.45, 2.75) is 25.3 Å². The van der Waals surface area contributed by atoms with E-state index in [1.165, 1.54) is 0 Å². The molecule has 33 heavy (non-hydrogen) atoms.